The van der Waals surface area contributed by atoms with Crippen molar-refractivity contribution in [2.24, 2.45) is 0 Å². The van der Waals surface area contributed by atoms with E-state index >= 15 is 0 Å². The van der Waals surface area contributed by atoms with Crippen molar-refractivity contribution < 1.29 is 22.8 Å². The third-order valence-electron chi connectivity index (χ3n) is 4.61. The van der Waals surface area contributed by atoms with Gasteiger partial charge in [-0.25, -0.2) is 4.98 Å². The van der Waals surface area contributed by atoms with Gasteiger partial charge < -0.3 is 0 Å². The summed E-state index contributed by atoms with van der Waals surface area (Å²) in [6.07, 6.45) is -1.54. The van der Waals surface area contributed by atoms with E-state index in [1.807, 2.05) is 0 Å². The molecule has 0 aliphatic rings. The lowest BCUT2D eigenvalue weighted by Gasteiger charge is -2.12. The lowest BCUT2D eigenvalue weighted by molar-refractivity contribution is -0.137. The molecule has 0 fully saturated rings. The summed E-state index contributed by atoms with van der Waals surface area (Å²) >= 11 is 1.29. The number of hydrogen-bond donors (Lipinski definition) is 1. The van der Waals surface area contributed by atoms with Crippen molar-refractivity contribution in [2.45, 2.75) is 6.18 Å². The Labute approximate surface area is 184 Å². The van der Waals surface area contributed by atoms with E-state index in [0.717, 1.165) is 6.07 Å². The number of nitrogens with one attached hydrogen (secondary N) is 1. The largest absolute Gasteiger partial charge is 0.417 e. The Kier molecular flexibility index (Phi) is 5.83. The molecule has 32 heavy (non-hydrogen) atoms. The Morgan fingerprint density at radius 2 is 1.59 bits per heavy atom. The van der Waals surface area contributed by atoms with E-state index in [2.05, 4.69) is 15.3 Å². The SMILES string of the molecule is O=C(Nc1nccs1)c1ccc(-c2ccc(C(=O)c3ccccc3C(F)(F)F)cc2)cn1. The molecule has 0 saturated carbocycles. The van der Waals surface area contributed by atoms with Gasteiger partial charge in [0.1, 0.15) is 5.69 Å². The first-order valence-electron chi connectivity index (χ1n) is 9.31. The summed E-state index contributed by atoms with van der Waals surface area (Å²) in [5, 5.41) is 4.84. The summed E-state index contributed by atoms with van der Waals surface area (Å²) in [6.45, 7) is 0. The van der Waals surface area contributed by atoms with Crippen LogP contribution in [0.3, 0.4) is 0 Å². The zero-order valence-corrected chi connectivity index (χ0v) is 17.1. The number of carbonyl (C=O) groups is 2. The monoisotopic (exact) mass is 453 g/mol. The number of thiazole rings is 1. The minimum Gasteiger partial charge on any atom is -0.296 e. The normalized spacial score (nSPS) is 11.2. The zero-order valence-electron chi connectivity index (χ0n) is 16.3. The molecule has 0 saturated heterocycles. The fourth-order valence-corrected chi connectivity index (χ4v) is 3.57. The van der Waals surface area contributed by atoms with E-state index in [9.17, 15) is 22.8 Å². The van der Waals surface area contributed by atoms with Crippen LogP contribution in [-0.2, 0) is 6.18 Å². The second-order valence-electron chi connectivity index (χ2n) is 6.67. The van der Waals surface area contributed by atoms with Gasteiger partial charge in [-0.15, -0.1) is 11.3 Å². The van der Waals surface area contributed by atoms with Crippen LogP contribution in [0.15, 0.2) is 78.4 Å². The minimum atomic E-state index is -4.62. The van der Waals surface area contributed by atoms with E-state index in [1.54, 1.807) is 35.8 Å². The molecule has 4 rings (SSSR count). The van der Waals surface area contributed by atoms with Gasteiger partial charge in [0.15, 0.2) is 10.9 Å². The van der Waals surface area contributed by atoms with Gasteiger partial charge in [-0.2, -0.15) is 13.2 Å². The predicted molar refractivity (Wildman–Crippen MR) is 115 cm³/mol. The Morgan fingerprint density at radius 1 is 0.875 bits per heavy atom. The number of amides is 1. The molecule has 2 aromatic carbocycles. The Balaban J connectivity index is 1.52. The van der Waals surface area contributed by atoms with Crippen LogP contribution in [0.4, 0.5) is 18.3 Å². The third-order valence-corrected chi connectivity index (χ3v) is 5.29. The average molecular weight is 453 g/mol. The van der Waals surface area contributed by atoms with Crippen molar-refractivity contribution in [3.63, 3.8) is 0 Å². The molecule has 0 radical (unpaired) electrons. The average Bonchev–Trinajstić information content (AvgIpc) is 3.31. The predicted octanol–water partition coefficient (Wildman–Crippen LogP) is 5.71. The fraction of sp³-hybridized carbons (Fsp3) is 0.0435. The van der Waals surface area contributed by atoms with Gasteiger partial charge in [0, 0.05) is 34.5 Å². The molecule has 9 heteroatoms. The highest BCUT2D eigenvalue weighted by Gasteiger charge is 2.34. The number of rotatable bonds is 5. The summed E-state index contributed by atoms with van der Waals surface area (Å²) in [5.74, 6) is -1.10. The van der Waals surface area contributed by atoms with Crippen molar-refractivity contribution in [2.75, 3.05) is 5.32 Å². The van der Waals surface area contributed by atoms with Crippen LogP contribution >= 0.6 is 11.3 Å². The molecule has 0 unspecified atom stereocenters. The molecule has 1 N–H and O–H groups in total. The van der Waals surface area contributed by atoms with Gasteiger partial charge in [0.05, 0.1) is 5.56 Å². The van der Waals surface area contributed by atoms with Gasteiger partial charge in [0.2, 0.25) is 0 Å². The number of ketones is 1. The number of pyridine rings is 1. The number of halogens is 3. The zero-order chi connectivity index (χ0) is 22.7. The van der Waals surface area contributed by atoms with Gasteiger partial charge in [-0.3, -0.25) is 19.9 Å². The Morgan fingerprint density at radius 3 is 2.22 bits per heavy atom. The van der Waals surface area contributed by atoms with Crippen LogP contribution < -0.4 is 5.32 Å². The van der Waals surface area contributed by atoms with Crippen LogP contribution in [0.2, 0.25) is 0 Å². The maximum atomic E-state index is 13.2. The summed E-state index contributed by atoms with van der Waals surface area (Å²) in [4.78, 5) is 33.0. The summed E-state index contributed by atoms with van der Waals surface area (Å²) in [5.41, 5.74) is 0.364. The fourth-order valence-electron chi connectivity index (χ4n) is 3.04. The number of alkyl halides is 3. The first kappa shape index (κ1) is 21.4. The van der Waals surface area contributed by atoms with Crippen molar-refractivity contribution in [3.05, 3.63) is 101 Å². The number of hydrogen-bond acceptors (Lipinski definition) is 5. The van der Waals surface area contributed by atoms with E-state index in [-0.39, 0.29) is 11.3 Å². The molecule has 0 aliphatic carbocycles. The third kappa shape index (κ3) is 4.57. The molecule has 160 valence electrons. The number of nitrogens with zero attached hydrogens (tertiary/aromatic N) is 2. The molecule has 2 heterocycles. The lowest BCUT2D eigenvalue weighted by Crippen LogP contribution is -2.13. The molecule has 2 aromatic heterocycles. The Hall–Kier alpha value is -3.85. The molecule has 4 aromatic rings. The highest BCUT2D eigenvalue weighted by atomic mass is 32.1. The van der Waals surface area contributed by atoms with Crippen molar-refractivity contribution >= 4 is 28.2 Å². The molecule has 0 aliphatic heterocycles. The highest BCUT2D eigenvalue weighted by molar-refractivity contribution is 7.13. The first-order chi connectivity index (χ1) is 15.3. The van der Waals surface area contributed by atoms with E-state index < -0.39 is 29.0 Å². The van der Waals surface area contributed by atoms with Gasteiger partial charge in [-0.1, -0.05) is 48.5 Å². The molecule has 1 amide bonds. The van der Waals surface area contributed by atoms with E-state index in [1.165, 1.54) is 47.9 Å². The van der Waals surface area contributed by atoms with Crippen LogP contribution in [0.25, 0.3) is 11.1 Å². The quantitative estimate of drug-likeness (QED) is 0.393. The summed E-state index contributed by atoms with van der Waals surface area (Å²) in [7, 11) is 0. The van der Waals surface area contributed by atoms with E-state index in [4.69, 9.17) is 0 Å². The maximum Gasteiger partial charge on any atom is 0.417 e. The Bertz CT molecular complexity index is 1250. The first-order valence-corrected chi connectivity index (χ1v) is 10.2. The lowest BCUT2D eigenvalue weighted by atomic mass is 9.96. The molecule has 0 bridgehead atoms. The van der Waals surface area contributed by atoms with Gasteiger partial charge >= 0.3 is 6.18 Å². The maximum absolute atomic E-state index is 13.2. The second kappa shape index (κ2) is 8.72. The summed E-state index contributed by atoms with van der Waals surface area (Å²) in [6, 6.07) is 14.1. The molecule has 0 spiro atoms. The van der Waals surface area contributed by atoms with Crippen molar-refractivity contribution in [1.82, 2.24) is 9.97 Å². The van der Waals surface area contributed by atoms with Gasteiger partial charge in [0.25, 0.3) is 5.91 Å². The number of anilines is 1. The number of benzene rings is 2. The smallest absolute Gasteiger partial charge is 0.296 e. The molecular weight excluding hydrogens is 439 g/mol. The van der Waals surface area contributed by atoms with Crippen LogP contribution in [0.5, 0.6) is 0 Å². The molecule has 5 nitrogen and oxygen atoms in total. The van der Waals surface area contributed by atoms with Crippen molar-refractivity contribution in [3.8, 4) is 11.1 Å². The second-order valence-corrected chi connectivity index (χ2v) is 7.57. The van der Waals surface area contributed by atoms with Gasteiger partial charge in [-0.05, 0) is 17.7 Å². The number of carbonyl (C=O) groups excluding carboxylic acids is 2. The standard InChI is InChI=1S/C23H14F3N3O2S/c24-23(25,26)18-4-2-1-3-17(18)20(30)15-7-5-14(6-8-15)16-9-10-19(28-13-16)21(31)29-22-27-11-12-32-22/h1-13H,(H,27,29,31). The number of aromatic nitrogens is 2. The highest BCUT2D eigenvalue weighted by Crippen LogP contribution is 2.33. The van der Waals surface area contributed by atoms with Crippen LogP contribution in [0.1, 0.15) is 32.0 Å². The van der Waals surface area contributed by atoms with Crippen LogP contribution in [-0.4, -0.2) is 21.7 Å². The molecule has 0 atom stereocenters. The summed E-state index contributed by atoms with van der Waals surface area (Å²) < 4.78 is 39.6. The van der Waals surface area contributed by atoms with E-state index in [0.29, 0.717) is 16.3 Å². The minimum absolute atomic E-state index is 0.137. The topological polar surface area (TPSA) is 72.0 Å². The molecular formula is C23H14F3N3O2S. The van der Waals surface area contributed by atoms with Crippen LogP contribution in [0, 0.1) is 0 Å². The van der Waals surface area contributed by atoms with Crippen molar-refractivity contribution in [1.29, 1.82) is 0 Å².